The quantitative estimate of drug-likeness (QED) is 0.547. The molecular formula is C22H24N2O3S. The van der Waals surface area contributed by atoms with Crippen LogP contribution in [0, 0.1) is 0 Å². The van der Waals surface area contributed by atoms with Crippen molar-refractivity contribution in [3.63, 3.8) is 0 Å². The van der Waals surface area contributed by atoms with Gasteiger partial charge < -0.3 is 14.8 Å². The highest BCUT2D eigenvalue weighted by Gasteiger charge is 2.19. The van der Waals surface area contributed by atoms with Crippen LogP contribution in [0.25, 0.3) is 11.0 Å². The number of aliphatic carboxylic acids is 1. The lowest BCUT2D eigenvalue weighted by Gasteiger charge is -2.24. The molecule has 0 bridgehead atoms. The number of carbonyl (C=O) groups is 1. The van der Waals surface area contributed by atoms with Gasteiger partial charge in [0.05, 0.1) is 27.8 Å². The van der Waals surface area contributed by atoms with Gasteiger partial charge in [-0.1, -0.05) is 36.8 Å². The molecule has 28 heavy (non-hydrogen) atoms. The van der Waals surface area contributed by atoms with E-state index in [9.17, 15) is 4.79 Å². The third kappa shape index (κ3) is 4.68. The number of aromatic nitrogens is 2. The van der Waals surface area contributed by atoms with Gasteiger partial charge in [-0.05, 0) is 37.3 Å². The molecule has 6 heteroatoms. The molecule has 0 saturated heterocycles. The second-order valence-corrected chi connectivity index (χ2v) is 8.24. The van der Waals surface area contributed by atoms with Gasteiger partial charge in [0.25, 0.3) is 0 Å². The molecule has 146 valence electrons. The van der Waals surface area contributed by atoms with Crippen LogP contribution in [-0.4, -0.2) is 32.9 Å². The summed E-state index contributed by atoms with van der Waals surface area (Å²) in [4.78, 5) is 20.0. The van der Waals surface area contributed by atoms with Crippen LogP contribution in [0.3, 0.4) is 0 Å². The molecule has 1 fully saturated rings. The summed E-state index contributed by atoms with van der Waals surface area (Å²) < 4.78 is 6.29. The lowest BCUT2D eigenvalue weighted by molar-refractivity contribution is -0.133. The first-order chi connectivity index (χ1) is 13.7. The summed E-state index contributed by atoms with van der Waals surface area (Å²) in [5, 5.41) is 9.09. The lowest BCUT2D eigenvalue weighted by atomic mass is 9.98. The van der Waals surface area contributed by atoms with Crippen molar-refractivity contribution in [3.8, 4) is 5.75 Å². The molecule has 2 aromatic carbocycles. The van der Waals surface area contributed by atoms with E-state index >= 15 is 0 Å². The topological polar surface area (TPSA) is 75.2 Å². The van der Waals surface area contributed by atoms with Gasteiger partial charge in [-0.25, -0.2) is 4.98 Å². The summed E-state index contributed by atoms with van der Waals surface area (Å²) in [6, 6.07) is 14.1. The van der Waals surface area contributed by atoms with Crippen LogP contribution < -0.4 is 4.74 Å². The van der Waals surface area contributed by atoms with Gasteiger partial charge in [-0.15, -0.1) is 11.8 Å². The molecule has 0 aliphatic heterocycles. The summed E-state index contributed by atoms with van der Waals surface area (Å²) in [7, 11) is 0. The number of thioether (sulfide) groups is 1. The molecule has 0 spiro atoms. The van der Waals surface area contributed by atoms with Crippen LogP contribution in [-0.2, 0) is 11.2 Å². The molecule has 1 aromatic heterocycles. The van der Waals surface area contributed by atoms with Gasteiger partial charge in [0.1, 0.15) is 11.6 Å². The van der Waals surface area contributed by atoms with E-state index in [0.717, 1.165) is 46.8 Å². The second-order valence-electron chi connectivity index (χ2n) is 7.22. The molecule has 3 aromatic rings. The van der Waals surface area contributed by atoms with Crippen LogP contribution >= 0.6 is 11.8 Å². The third-order valence-corrected chi connectivity index (χ3v) is 6.03. The summed E-state index contributed by atoms with van der Waals surface area (Å²) >= 11 is 1.29. The Balaban J connectivity index is 1.62. The predicted molar refractivity (Wildman–Crippen MR) is 111 cm³/mol. The molecule has 5 nitrogen and oxygen atoms in total. The zero-order chi connectivity index (χ0) is 19.3. The van der Waals surface area contributed by atoms with Crippen LogP contribution in [0.5, 0.6) is 5.75 Å². The van der Waals surface area contributed by atoms with Gasteiger partial charge in [-0.3, -0.25) is 4.79 Å². The molecule has 1 saturated carbocycles. The molecule has 0 atom stereocenters. The fraction of sp³-hybridized carbons (Fsp3) is 0.364. The lowest BCUT2D eigenvalue weighted by Crippen LogP contribution is -2.20. The SMILES string of the molecule is O=C(O)CSc1cc2nc(Cc3ccccc3)[nH]c2cc1OC1CCCCC1. The Kier molecular flexibility index (Phi) is 5.86. The summed E-state index contributed by atoms with van der Waals surface area (Å²) in [5.41, 5.74) is 2.96. The van der Waals surface area contributed by atoms with Crippen LogP contribution in [0.1, 0.15) is 43.5 Å². The Morgan fingerprint density at radius 1 is 1.18 bits per heavy atom. The molecule has 2 N–H and O–H groups in total. The van der Waals surface area contributed by atoms with Crippen molar-refractivity contribution in [1.82, 2.24) is 9.97 Å². The minimum atomic E-state index is -0.833. The van der Waals surface area contributed by atoms with Crippen molar-refractivity contribution in [2.45, 2.75) is 49.5 Å². The van der Waals surface area contributed by atoms with E-state index in [1.165, 1.54) is 36.6 Å². The van der Waals surface area contributed by atoms with Crippen molar-refractivity contribution >= 4 is 28.8 Å². The smallest absolute Gasteiger partial charge is 0.313 e. The molecule has 1 aliphatic rings. The van der Waals surface area contributed by atoms with E-state index in [0.29, 0.717) is 0 Å². The number of ether oxygens (including phenoxy) is 1. The number of benzene rings is 2. The number of aromatic amines is 1. The minimum absolute atomic E-state index is 0.00777. The maximum absolute atomic E-state index is 11.1. The van der Waals surface area contributed by atoms with Crippen molar-refractivity contribution in [3.05, 3.63) is 53.9 Å². The van der Waals surface area contributed by atoms with E-state index in [1.807, 2.05) is 30.3 Å². The van der Waals surface area contributed by atoms with Crippen LogP contribution in [0.2, 0.25) is 0 Å². The Bertz CT molecular complexity index is 949. The number of imidazole rings is 1. The zero-order valence-corrected chi connectivity index (χ0v) is 16.5. The van der Waals surface area contributed by atoms with Crippen LogP contribution in [0.4, 0.5) is 0 Å². The third-order valence-electron chi connectivity index (χ3n) is 5.01. The van der Waals surface area contributed by atoms with E-state index in [4.69, 9.17) is 14.8 Å². The van der Waals surface area contributed by atoms with Gasteiger partial charge >= 0.3 is 5.97 Å². The van der Waals surface area contributed by atoms with Gasteiger partial charge in [0.2, 0.25) is 0 Å². The maximum atomic E-state index is 11.1. The van der Waals surface area contributed by atoms with Gasteiger partial charge in [-0.2, -0.15) is 0 Å². The summed E-state index contributed by atoms with van der Waals surface area (Å²) in [5.74, 6) is 0.833. The number of H-pyrrole nitrogens is 1. The standard InChI is InChI=1S/C22H24N2O3S/c25-22(26)14-28-20-13-18-17(12-19(20)27-16-9-5-2-6-10-16)23-21(24-18)11-15-7-3-1-4-8-15/h1,3-4,7-8,12-13,16H,2,5-6,9-11,14H2,(H,23,24)(H,25,26). The predicted octanol–water partition coefficient (Wildman–Crippen LogP) is 5.04. The number of nitrogens with zero attached hydrogens (tertiary/aromatic N) is 1. The maximum Gasteiger partial charge on any atom is 0.313 e. The molecule has 0 radical (unpaired) electrons. The molecular weight excluding hydrogens is 372 g/mol. The monoisotopic (exact) mass is 396 g/mol. The van der Waals surface area contributed by atoms with E-state index in [-0.39, 0.29) is 11.9 Å². The highest BCUT2D eigenvalue weighted by Crippen LogP contribution is 2.35. The average molecular weight is 397 g/mol. The number of carboxylic acids is 1. The fourth-order valence-corrected chi connectivity index (χ4v) is 4.37. The molecule has 1 aliphatic carbocycles. The van der Waals surface area contributed by atoms with Crippen LogP contribution in [0.15, 0.2) is 47.4 Å². The van der Waals surface area contributed by atoms with Gasteiger partial charge in [0.15, 0.2) is 0 Å². The molecule has 4 rings (SSSR count). The Morgan fingerprint density at radius 3 is 2.71 bits per heavy atom. The Hall–Kier alpha value is -2.47. The van der Waals surface area contributed by atoms with Crippen molar-refractivity contribution in [1.29, 1.82) is 0 Å². The average Bonchev–Trinajstić information content (AvgIpc) is 3.08. The summed E-state index contributed by atoms with van der Waals surface area (Å²) in [6.45, 7) is 0. The van der Waals surface area contributed by atoms with Gasteiger partial charge in [0, 0.05) is 12.5 Å². The largest absolute Gasteiger partial charge is 0.489 e. The summed E-state index contributed by atoms with van der Waals surface area (Å²) in [6.07, 6.45) is 6.70. The molecule has 1 heterocycles. The molecule has 0 amide bonds. The highest BCUT2D eigenvalue weighted by molar-refractivity contribution is 8.00. The Labute approximate surface area is 168 Å². The Morgan fingerprint density at radius 2 is 1.96 bits per heavy atom. The molecule has 0 unspecified atom stereocenters. The number of hydrogen-bond acceptors (Lipinski definition) is 4. The number of hydrogen-bond donors (Lipinski definition) is 2. The zero-order valence-electron chi connectivity index (χ0n) is 15.7. The van der Waals surface area contributed by atoms with E-state index < -0.39 is 5.97 Å². The normalized spacial score (nSPS) is 15.0. The number of nitrogens with one attached hydrogen (secondary N) is 1. The van der Waals surface area contributed by atoms with Crippen molar-refractivity contribution < 1.29 is 14.6 Å². The number of fused-ring (bicyclic) bond motifs is 1. The highest BCUT2D eigenvalue weighted by atomic mass is 32.2. The van der Waals surface area contributed by atoms with Crippen molar-refractivity contribution in [2.75, 3.05) is 5.75 Å². The minimum Gasteiger partial charge on any atom is -0.489 e. The number of rotatable bonds is 7. The van der Waals surface area contributed by atoms with E-state index in [1.54, 1.807) is 0 Å². The fourth-order valence-electron chi connectivity index (χ4n) is 3.65. The number of carboxylic acid groups (broad SMARTS) is 1. The first-order valence-corrected chi connectivity index (χ1v) is 10.7. The van der Waals surface area contributed by atoms with E-state index in [2.05, 4.69) is 17.1 Å². The second kappa shape index (κ2) is 8.69. The first kappa shape index (κ1) is 18.9. The first-order valence-electron chi connectivity index (χ1n) is 9.75. The van der Waals surface area contributed by atoms with Crippen molar-refractivity contribution in [2.24, 2.45) is 0 Å².